The number of nitrogens with one attached hydrogen (secondary N) is 2. The molecule has 1 aromatic carbocycles. The monoisotopic (exact) mass is 372 g/mol. The van der Waals surface area contributed by atoms with Crippen LogP contribution in [0, 0.1) is 0 Å². The molecule has 1 amide bonds. The summed E-state index contributed by atoms with van der Waals surface area (Å²) in [5.41, 5.74) is 0.949. The van der Waals surface area contributed by atoms with Crippen LogP contribution in [0.25, 0.3) is 0 Å². The maximum absolute atomic E-state index is 11.7. The zero-order valence-electron chi connectivity index (χ0n) is 16.8. The van der Waals surface area contributed by atoms with Gasteiger partial charge >= 0.3 is 0 Å². The van der Waals surface area contributed by atoms with E-state index in [1.165, 1.54) is 5.56 Å². The molecule has 0 spiro atoms. The van der Waals surface area contributed by atoms with Crippen molar-refractivity contribution in [2.75, 3.05) is 26.2 Å². The van der Waals surface area contributed by atoms with Crippen molar-refractivity contribution < 1.29 is 9.53 Å². The van der Waals surface area contributed by atoms with Crippen LogP contribution in [-0.2, 0) is 4.79 Å². The van der Waals surface area contributed by atoms with Gasteiger partial charge in [0.05, 0.1) is 6.04 Å². The zero-order chi connectivity index (χ0) is 19.3. The molecule has 1 unspecified atom stereocenters. The van der Waals surface area contributed by atoms with Crippen molar-refractivity contribution in [3.05, 3.63) is 29.8 Å². The average molecular weight is 373 g/mol. The van der Waals surface area contributed by atoms with Crippen molar-refractivity contribution in [3.63, 3.8) is 0 Å². The normalized spacial score (nSPS) is 21.6. The van der Waals surface area contributed by atoms with E-state index in [0.717, 1.165) is 50.6 Å². The Morgan fingerprint density at radius 1 is 1.37 bits per heavy atom. The van der Waals surface area contributed by atoms with Gasteiger partial charge in [0.15, 0.2) is 5.96 Å². The molecule has 0 aliphatic carbocycles. The van der Waals surface area contributed by atoms with Crippen LogP contribution >= 0.6 is 0 Å². The van der Waals surface area contributed by atoms with Crippen LogP contribution in [0.2, 0.25) is 0 Å². The summed E-state index contributed by atoms with van der Waals surface area (Å²) in [7, 11) is 0. The van der Waals surface area contributed by atoms with E-state index in [2.05, 4.69) is 37.5 Å². The second-order valence-electron chi connectivity index (χ2n) is 7.90. The van der Waals surface area contributed by atoms with Gasteiger partial charge in [-0.05, 0) is 39.7 Å². The lowest BCUT2D eigenvalue weighted by atomic mass is 9.90. The summed E-state index contributed by atoms with van der Waals surface area (Å²) in [6.07, 6.45) is 3.45. The molecular formula is C21H32N4O2. The standard InChI is InChI=1S/C21H32N4O2/c1-4-22-20(23-12-8-14-25-13-7-11-19(25)26)24-17-15-21(2,3)27-18-10-6-5-9-16(17)18/h5-6,9-10,17H,4,7-8,11-15H2,1-3H3,(H2,22,23,24). The van der Waals surface area contributed by atoms with Crippen molar-refractivity contribution in [2.24, 2.45) is 4.99 Å². The molecule has 0 aromatic heterocycles. The van der Waals surface area contributed by atoms with Crippen molar-refractivity contribution in [1.82, 2.24) is 15.5 Å². The molecule has 1 saturated heterocycles. The van der Waals surface area contributed by atoms with E-state index in [1.54, 1.807) is 0 Å². The van der Waals surface area contributed by atoms with E-state index >= 15 is 0 Å². The molecular weight excluding hydrogens is 340 g/mol. The number of aliphatic imine (C=N–C) groups is 1. The lowest BCUT2D eigenvalue weighted by Gasteiger charge is -2.38. The number of ether oxygens (including phenoxy) is 1. The molecule has 27 heavy (non-hydrogen) atoms. The molecule has 1 atom stereocenters. The smallest absolute Gasteiger partial charge is 0.222 e. The van der Waals surface area contributed by atoms with Crippen molar-refractivity contribution in [1.29, 1.82) is 0 Å². The number of hydrogen-bond acceptors (Lipinski definition) is 3. The summed E-state index contributed by atoms with van der Waals surface area (Å²) >= 11 is 0. The first kappa shape index (κ1) is 19.5. The molecule has 6 nitrogen and oxygen atoms in total. The van der Waals surface area contributed by atoms with E-state index in [4.69, 9.17) is 9.73 Å². The van der Waals surface area contributed by atoms with E-state index in [0.29, 0.717) is 13.0 Å². The number of likely N-dealkylation sites (tertiary alicyclic amines) is 1. The summed E-state index contributed by atoms with van der Waals surface area (Å²) in [6, 6.07) is 8.36. The zero-order valence-corrected chi connectivity index (χ0v) is 16.8. The Morgan fingerprint density at radius 3 is 2.93 bits per heavy atom. The molecule has 2 aliphatic heterocycles. The number of carbonyl (C=O) groups is 1. The molecule has 0 saturated carbocycles. The Bertz CT molecular complexity index is 687. The number of nitrogens with zero attached hydrogens (tertiary/aromatic N) is 2. The molecule has 2 aliphatic rings. The molecule has 148 valence electrons. The highest BCUT2D eigenvalue weighted by atomic mass is 16.5. The predicted molar refractivity (Wildman–Crippen MR) is 108 cm³/mol. The first-order valence-corrected chi connectivity index (χ1v) is 10.1. The maximum atomic E-state index is 11.7. The number of rotatable bonds is 6. The largest absolute Gasteiger partial charge is 0.487 e. The van der Waals surface area contributed by atoms with Crippen LogP contribution in [-0.4, -0.2) is 48.5 Å². The summed E-state index contributed by atoms with van der Waals surface area (Å²) in [5.74, 6) is 2.04. The van der Waals surface area contributed by atoms with Crippen molar-refractivity contribution in [2.45, 2.75) is 58.1 Å². The van der Waals surface area contributed by atoms with E-state index in [-0.39, 0.29) is 17.6 Å². The average Bonchev–Trinajstić information content (AvgIpc) is 3.03. The van der Waals surface area contributed by atoms with Gasteiger partial charge in [-0.2, -0.15) is 0 Å². The molecule has 2 N–H and O–H groups in total. The topological polar surface area (TPSA) is 66.0 Å². The number of guanidine groups is 1. The third-order valence-electron chi connectivity index (χ3n) is 5.06. The number of para-hydroxylation sites is 1. The third kappa shape index (κ3) is 5.15. The van der Waals surface area contributed by atoms with Gasteiger partial charge in [0.25, 0.3) is 0 Å². The fraction of sp³-hybridized carbons (Fsp3) is 0.619. The Labute approximate surface area is 162 Å². The van der Waals surface area contributed by atoms with Crippen LogP contribution in [0.4, 0.5) is 0 Å². The van der Waals surface area contributed by atoms with Gasteiger partial charge in [-0.25, -0.2) is 0 Å². The molecule has 0 radical (unpaired) electrons. The minimum atomic E-state index is -0.223. The van der Waals surface area contributed by atoms with Gasteiger partial charge < -0.3 is 20.3 Å². The Hall–Kier alpha value is -2.24. The Kier molecular flexibility index (Phi) is 6.24. The van der Waals surface area contributed by atoms with Crippen molar-refractivity contribution in [3.8, 4) is 5.75 Å². The molecule has 6 heteroatoms. The van der Waals surface area contributed by atoms with Crippen LogP contribution < -0.4 is 15.4 Å². The van der Waals surface area contributed by atoms with Gasteiger partial charge in [-0.1, -0.05) is 18.2 Å². The van der Waals surface area contributed by atoms with Gasteiger partial charge in [0.2, 0.25) is 5.91 Å². The van der Waals surface area contributed by atoms with Gasteiger partial charge in [0, 0.05) is 44.6 Å². The second-order valence-corrected chi connectivity index (χ2v) is 7.90. The molecule has 3 rings (SSSR count). The summed E-state index contributed by atoms with van der Waals surface area (Å²) in [4.78, 5) is 18.4. The summed E-state index contributed by atoms with van der Waals surface area (Å²) < 4.78 is 6.12. The summed E-state index contributed by atoms with van der Waals surface area (Å²) in [6.45, 7) is 9.52. The Balaban J connectivity index is 1.62. The lowest BCUT2D eigenvalue weighted by Crippen LogP contribution is -2.45. The molecule has 1 fully saturated rings. The first-order valence-electron chi connectivity index (χ1n) is 10.1. The minimum absolute atomic E-state index is 0.155. The molecule has 0 bridgehead atoms. The third-order valence-corrected chi connectivity index (χ3v) is 5.06. The number of fused-ring (bicyclic) bond motifs is 1. The summed E-state index contributed by atoms with van der Waals surface area (Å²) in [5, 5.41) is 6.93. The highest BCUT2D eigenvalue weighted by Gasteiger charge is 2.33. The SMILES string of the molecule is CCNC(=NCCCN1CCCC1=O)NC1CC(C)(C)Oc2ccccc21. The number of benzene rings is 1. The Morgan fingerprint density at radius 2 is 2.19 bits per heavy atom. The second kappa shape index (κ2) is 8.63. The number of hydrogen-bond donors (Lipinski definition) is 2. The quantitative estimate of drug-likeness (QED) is 0.458. The molecule has 2 heterocycles. The number of carbonyl (C=O) groups excluding carboxylic acids is 1. The van der Waals surface area contributed by atoms with Crippen molar-refractivity contribution >= 4 is 11.9 Å². The maximum Gasteiger partial charge on any atom is 0.222 e. The van der Waals surface area contributed by atoms with E-state index in [1.807, 2.05) is 23.1 Å². The predicted octanol–water partition coefficient (Wildman–Crippen LogP) is 2.86. The fourth-order valence-corrected chi connectivity index (χ4v) is 3.81. The van der Waals surface area contributed by atoms with Crippen LogP contribution in [0.3, 0.4) is 0 Å². The van der Waals surface area contributed by atoms with Gasteiger partial charge in [-0.15, -0.1) is 0 Å². The van der Waals surface area contributed by atoms with Crippen LogP contribution in [0.1, 0.15) is 58.1 Å². The van der Waals surface area contributed by atoms with E-state index in [9.17, 15) is 4.79 Å². The van der Waals surface area contributed by atoms with Crippen LogP contribution in [0.5, 0.6) is 5.75 Å². The number of amides is 1. The highest BCUT2D eigenvalue weighted by molar-refractivity contribution is 5.80. The van der Waals surface area contributed by atoms with Gasteiger partial charge in [-0.3, -0.25) is 9.79 Å². The first-order chi connectivity index (χ1) is 13.0. The molecule has 1 aromatic rings. The van der Waals surface area contributed by atoms with Crippen LogP contribution in [0.15, 0.2) is 29.3 Å². The fourth-order valence-electron chi connectivity index (χ4n) is 3.81. The minimum Gasteiger partial charge on any atom is -0.487 e. The lowest BCUT2D eigenvalue weighted by molar-refractivity contribution is -0.127. The van der Waals surface area contributed by atoms with Gasteiger partial charge in [0.1, 0.15) is 11.4 Å². The van der Waals surface area contributed by atoms with E-state index < -0.39 is 0 Å². The highest BCUT2D eigenvalue weighted by Crippen LogP contribution is 2.39.